The predicted molar refractivity (Wildman–Crippen MR) is 165 cm³/mol. The van der Waals surface area contributed by atoms with Crippen molar-refractivity contribution in [3.05, 3.63) is 57.6 Å². The second-order valence-electron chi connectivity index (χ2n) is 13.2. The quantitative estimate of drug-likeness (QED) is 0.268. The molecule has 234 valence electrons. The van der Waals surface area contributed by atoms with Crippen molar-refractivity contribution >= 4 is 33.9 Å². The Kier molecular flexibility index (Phi) is 7.26. The van der Waals surface area contributed by atoms with Crippen LogP contribution < -0.4 is 16.0 Å². The summed E-state index contributed by atoms with van der Waals surface area (Å²) in [5.41, 5.74) is 4.12. The molecule has 7 N–H and O–H groups in total. The van der Waals surface area contributed by atoms with Crippen LogP contribution in [0.3, 0.4) is 0 Å². The summed E-state index contributed by atoms with van der Waals surface area (Å²) in [5.74, 6) is -6.56. The smallest absolute Gasteiger partial charge is 0.255 e. The van der Waals surface area contributed by atoms with Gasteiger partial charge in [0.05, 0.1) is 11.6 Å². The van der Waals surface area contributed by atoms with Gasteiger partial charge in [-0.1, -0.05) is 25.0 Å². The minimum Gasteiger partial charge on any atom is -0.510 e. The van der Waals surface area contributed by atoms with E-state index in [1.807, 2.05) is 37.2 Å². The molecule has 0 bridgehead atoms. The lowest BCUT2D eigenvalue weighted by molar-refractivity contribution is -0.148. The number of anilines is 1. The van der Waals surface area contributed by atoms with Crippen molar-refractivity contribution in [3.8, 4) is 5.75 Å². The Morgan fingerprint density at radius 3 is 2.36 bits per heavy atom. The zero-order valence-corrected chi connectivity index (χ0v) is 25.5. The zero-order chi connectivity index (χ0) is 31.8. The van der Waals surface area contributed by atoms with Crippen molar-refractivity contribution in [2.75, 3.05) is 33.1 Å². The molecule has 11 nitrogen and oxygen atoms in total. The summed E-state index contributed by atoms with van der Waals surface area (Å²) < 4.78 is 0. The van der Waals surface area contributed by atoms with Crippen LogP contribution in [0.15, 0.2) is 40.9 Å². The minimum atomic E-state index is -2.67. The zero-order valence-electron chi connectivity index (χ0n) is 25.5. The Hall–Kier alpha value is -3.93. The summed E-state index contributed by atoms with van der Waals surface area (Å²) in [6.07, 6.45) is 4.96. The number of Topliss-reactive ketones (excluding diaryl/α,β-unsaturated/α-hetero) is 2. The van der Waals surface area contributed by atoms with Crippen LogP contribution in [0.25, 0.3) is 10.8 Å². The molecule has 0 aliphatic heterocycles. The first-order chi connectivity index (χ1) is 20.8. The Balaban J connectivity index is 1.51. The number of primary amides is 1. The first kappa shape index (κ1) is 30.1. The number of nitrogens with two attached hydrogens (primary N) is 1. The maximum atomic E-state index is 14.3. The standard InChI is InChI=1S/C33H40N4O7/c1-36(2)25-18-10-9-15(14-35-17-7-5-6-8-17)11-19(18)27(38)23-20(25)12-16-13-21-26(37(3)4)29(40)24(32(34)43)31(42)33(21,44)30(41)22(16)28(23)39/h9-11,16-17,21,26,35,38,40-41,44H,5-8,12-14H2,1-4H3,(H2,34,43)/t16-,21-,26-,33-/m0/s1. The number of likely N-dealkylation sites (N-methyl/N-ethyl adjacent to an activating group) is 1. The van der Waals surface area contributed by atoms with Gasteiger partial charge in [0, 0.05) is 54.6 Å². The number of nitrogens with zero attached hydrogens (tertiary/aromatic N) is 2. The van der Waals surface area contributed by atoms with Crippen LogP contribution >= 0.6 is 0 Å². The fourth-order valence-electron chi connectivity index (χ4n) is 8.16. The van der Waals surface area contributed by atoms with E-state index in [0.717, 1.165) is 29.5 Å². The third-order valence-electron chi connectivity index (χ3n) is 10.1. The topological polar surface area (TPSA) is 177 Å². The van der Waals surface area contributed by atoms with Crippen molar-refractivity contribution in [3.63, 3.8) is 0 Å². The molecule has 0 radical (unpaired) electrons. The van der Waals surface area contributed by atoms with Crippen molar-refractivity contribution < 1.29 is 34.8 Å². The molecule has 11 heteroatoms. The number of hydrogen-bond donors (Lipinski definition) is 6. The molecule has 0 heterocycles. The molecule has 6 rings (SSSR count). The average molecular weight is 605 g/mol. The van der Waals surface area contributed by atoms with E-state index in [1.54, 1.807) is 19.0 Å². The highest BCUT2D eigenvalue weighted by Crippen LogP contribution is 2.54. The molecular weight excluding hydrogens is 564 g/mol. The van der Waals surface area contributed by atoms with E-state index in [9.17, 15) is 34.8 Å². The number of aliphatic hydroxyl groups excluding tert-OH is 2. The molecule has 1 saturated carbocycles. The Morgan fingerprint density at radius 2 is 1.75 bits per heavy atom. The molecule has 1 fully saturated rings. The van der Waals surface area contributed by atoms with Gasteiger partial charge in [-0.2, -0.15) is 0 Å². The van der Waals surface area contributed by atoms with Crippen LogP contribution in [0.4, 0.5) is 5.69 Å². The monoisotopic (exact) mass is 604 g/mol. The Labute approximate surface area is 255 Å². The lowest BCUT2D eigenvalue weighted by Crippen LogP contribution is -2.63. The molecule has 0 saturated heterocycles. The number of phenolic OH excluding ortho intramolecular Hbond substituents is 1. The van der Waals surface area contributed by atoms with Gasteiger partial charge in [-0.3, -0.25) is 19.3 Å². The Bertz CT molecular complexity index is 1670. The summed E-state index contributed by atoms with van der Waals surface area (Å²) in [5, 5.41) is 51.0. The molecule has 0 unspecified atom stereocenters. The summed E-state index contributed by atoms with van der Waals surface area (Å²) >= 11 is 0. The number of allylic oxidation sites excluding steroid dienone is 1. The number of phenols is 1. The molecule has 4 aliphatic rings. The summed E-state index contributed by atoms with van der Waals surface area (Å²) in [6, 6.07) is 5.27. The van der Waals surface area contributed by atoms with Crippen molar-refractivity contribution in [1.82, 2.24) is 10.2 Å². The molecule has 0 aromatic heterocycles. The highest BCUT2D eigenvalue weighted by molar-refractivity contribution is 6.25. The van der Waals surface area contributed by atoms with Gasteiger partial charge in [0.25, 0.3) is 5.91 Å². The lowest BCUT2D eigenvalue weighted by atomic mass is 9.58. The average Bonchev–Trinajstić information content (AvgIpc) is 3.47. The van der Waals surface area contributed by atoms with Crippen LogP contribution in [0.1, 0.15) is 53.6 Å². The summed E-state index contributed by atoms with van der Waals surface area (Å²) in [4.78, 5) is 43.6. The van der Waals surface area contributed by atoms with E-state index in [-0.39, 0.29) is 29.7 Å². The van der Waals surface area contributed by atoms with Crippen molar-refractivity contribution in [1.29, 1.82) is 0 Å². The van der Waals surface area contributed by atoms with Gasteiger partial charge in [-0.15, -0.1) is 0 Å². The molecular formula is C33H40N4O7. The van der Waals surface area contributed by atoms with Gasteiger partial charge in [0.1, 0.15) is 22.8 Å². The third-order valence-corrected chi connectivity index (χ3v) is 10.1. The number of aromatic hydroxyl groups is 1. The number of fused-ring (bicyclic) bond motifs is 4. The number of rotatable bonds is 6. The van der Waals surface area contributed by atoms with Gasteiger partial charge in [-0.05, 0) is 62.9 Å². The van der Waals surface area contributed by atoms with E-state index < -0.39 is 58.0 Å². The molecule has 0 spiro atoms. The summed E-state index contributed by atoms with van der Waals surface area (Å²) in [7, 11) is 6.95. The van der Waals surface area contributed by atoms with E-state index in [4.69, 9.17) is 5.73 Å². The first-order valence-corrected chi connectivity index (χ1v) is 15.1. The highest BCUT2D eigenvalue weighted by atomic mass is 16.3. The molecule has 44 heavy (non-hydrogen) atoms. The number of aliphatic hydroxyl groups is 3. The maximum Gasteiger partial charge on any atom is 0.255 e. The van der Waals surface area contributed by atoms with Crippen LogP contribution in [0, 0.1) is 11.8 Å². The van der Waals surface area contributed by atoms with Crippen molar-refractivity contribution in [2.45, 2.75) is 62.8 Å². The SMILES string of the molecule is CN(C)c1c2c(c(O)c3cc(CNC4CCCC4)ccc13)C(=O)C1=C(O)[C@]3(O)C(=O)C(C(N)=O)=C(O)[C@@H](N(C)C)[C@@H]3C[C@@H]1C2. The second kappa shape index (κ2) is 10.6. The number of ketones is 2. The van der Waals surface area contributed by atoms with Crippen LogP contribution in [-0.4, -0.2) is 88.7 Å². The molecule has 2 aromatic carbocycles. The van der Waals surface area contributed by atoms with Gasteiger partial charge >= 0.3 is 0 Å². The van der Waals surface area contributed by atoms with Crippen LogP contribution in [-0.2, 0) is 22.6 Å². The largest absolute Gasteiger partial charge is 0.510 e. The number of carbonyl (C=O) groups excluding carboxylic acids is 3. The number of nitrogens with one attached hydrogen (secondary N) is 1. The fourth-order valence-corrected chi connectivity index (χ4v) is 8.16. The minimum absolute atomic E-state index is 0.0166. The molecule has 4 aliphatic carbocycles. The van der Waals surface area contributed by atoms with Crippen LogP contribution in [0.2, 0.25) is 0 Å². The number of carbonyl (C=O) groups is 3. The predicted octanol–water partition coefficient (Wildman–Crippen LogP) is 2.37. The van der Waals surface area contributed by atoms with E-state index in [0.29, 0.717) is 23.5 Å². The van der Waals surface area contributed by atoms with Gasteiger partial charge < -0.3 is 36.4 Å². The van der Waals surface area contributed by atoms with E-state index >= 15 is 0 Å². The first-order valence-electron chi connectivity index (χ1n) is 15.1. The van der Waals surface area contributed by atoms with E-state index in [1.165, 1.54) is 12.8 Å². The fraction of sp³-hybridized carbons (Fsp3) is 0.485. The second-order valence-corrected chi connectivity index (χ2v) is 13.2. The van der Waals surface area contributed by atoms with E-state index in [2.05, 4.69) is 5.32 Å². The van der Waals surface area contributed by atoms with Gasteiger partial charge in [-0.25, -0.2) is 0 Å². The molecule has 1 amide bonds. The summed E-state index contributed by atoms with van der Waals surface area (Å²) in [6.45, 7) is 0.614. The lowest BCUT2D eigenvalue weighted by Gasteiger charge is -2.50. The maximum absolute atomic E-state index is 14.3. The normalized spacial score (nSPS) is 27.2. The number of hydrogen-bond acceptors (Lipinski definition) is 10. The number of amides is 1. The molecule has 2 aromatic rings. The van der Waals surface area contributed by atoms with Crippen LogP contribution in [0.5, 0.6) is 5.75 Å². The Morgan fingerprint density at radius 1 is 1.07 bits per heavy atom. The molecule has 4 atom stereocenters. The van der Waals surface area contributed by atoms with Gasteiger partial charge in [0.2, 0.25) is 5.78 Å². The number of benzene rings is 2. The van der Waals surface area contributed by atoms with Crippen molar-refractivity contribution in [2.24, 2.45) is 17.6 Å². The van der Waals surface area contributed by atoms with Gasteiger partial charge in [0.15, 0.2) is 11.4 Å². The highest BCUT2D eigenvalue weighted by Gasteiger charge is 2.63. The third kappa shape index (κ3) is 4.24.